The van der Waals surface area contributed by atoms with Gasteiger partial charge in [-0.2, -0.15) is 0 Å². The molecule has 2 heterocycles. The van der Waals surface area contributed by atoms with Gasteiger partial charge in [0, 0.05) is 45.2 Å². The Labute approximate surface area is 126 Å². The Bertz CT molecular complexity index is 535. The number of rotatable bonds is 7. The second-order valence-electron chi connectivity index (χ2n) is 5.47. The smallest absolute Gasteiger partial charge is 0.208 e. The molecule has 0 spiro atoms. The van der Waals surface area contributed by atoms with Crippen LogP contribution in [0.3, 0.4) is 0 Å². The van der Waals surface area contributed by atoms with Crippen LogP contribution >= 0.6 is 0 Å². The Balaban J connectivity index is 1.82. The topological polar surface area (TPSA) is 76.5 Å². The summed E-state index contributed by atoms with van der Waals surface area (Å²) in [6.45, 7) is 4.03. The molecule has 120 valence electrons. The number of nitrogens with zero attached hydrogens (tertiary/aromatic N) is 3. The lowest BCUT2D eigenvalue weighted by molar-refractivity contribution is 0.176. The standard InChI is InChI=1S/C13H24N4O3S/c1-20-10-9-17-8-5-14-13(17)11-16-6-3-12(4-7-16)15-21(2,18)19/h5,8,12,15H,3-4,6-7,9-11H2,1-2H3. The van der Waals surface area contributed by atoms with E-state index in [0.717, 1.165) is 44.8 Å². The van der Waals surface area contributed by atoms with E-state index in [4.69, 9.17) is 4.74 Å². The van der Waals surface area contributed by atoms with Crippen LogP contribution < -0.4 is 4.72 Å². The van der Waals surface area contributed by atoms with E-state index in [2.05, 4.69) is 19.2 Å². The highest BCUT2D eigenvalue weighted by atomic mass is 32.2. The van der Waals surface area contributed by atoms with E-state index in [-0.39, 0.29) is 6.04 Å². The fourth-order valence-electron chi connectivity index (χ4n) is 2.60. The number of piperidine rings is 1. The summed E-state index contributed by atoms with van der Waals surface area (Å²) in [6.07, 6.45) is 6.67. The van der Waals surface area contributed by atoms with Crippen LogP contribution in [-0.4, -0.2) is 62.0 Å². The first-order valence-electron chi connectivity index (χ1n) is 7.16. The molecule has 1 fully saturated rings. The van der Waals surface area contributed by atoms with Gasteiger partial charge in [-0.1, -0.05) is 0 Å². The molecule has 1 aromatic rings. The van der Waals surface area contributed by atoms with E-state index in [9.17, 15) is 8.42 Å². The number of nitrogens with one attached hydrogen (secondary N) is 1. The van der Waals surface area contributed by atoms with Crippen LogP contribution in [0.4, 0.5) is 0 Å². The van der Waals surface area contributed by atoms with Crippen LogP contribution in [0.25, 0.3) is 0 Å². The number of hydrogen-bond donors (Lipinski definition) is 1. The third-order valence-electron chi connectivity index (χ3n) is 3.67. The number of likely N-dealkylation sites (tertiary alicyclic amines) is 1. The van der Waals surface area contributed by atoms with Crippen LogP contribution in [0.5, 0.6) is 0 Å². The summed E-state index contributed by atoms with van der Waals surface area (Å²) in [5, 5.41) is 0. The van der Waals surface area contributed by atoms with Crippen molar-refractivity contribution in [1.29, 1.82) is 0 Å². The van der Waals surface area contributed by atoms with Gasteiger partial charge in [-0.05, 0) is 12.8 Å². The molecule has 1 saturated heterocycles. The summed E-state index contributed by atoms with van der Waals surface area (Å²) in [4.78, 5) is 6.71. The lowest BCUT2D eigenvalue weighted by atomic mass is 10.1. The summed E-state index contributed by atoms with van der Waals surface area (Å²) in [6, 6.07) is 0.0597. The molecule has 0 aromatic carbocycles. The number of ether oxygens (including phenoxy) is 1. The highest BCUT2D eigenvalue weighted by Crippen LogP contribution is 2.13. The number of hydrogen-bond acceptors (Lipinski definition) is 5. The molecule has 1 aliphatic heterocycles. The fourth-order valence-corrected chi connectivity index (χ4v) is 3.44. The molecular formula is C13H24N4O3S. The number of sulfonamides is 1. The average molecular weight is 316 g/mol. The molecule has 0 radical (unpaired) electrons. The van der Waals surface area contributed by atoms with Crippen LogP contribution in [-0.2, 0) is 27.8 Å². The van der Waals surface area contributed by atoms with Gasteiger partial charge in [-0.3, -0.25) is 4.90 Å². The molecular weight excluding hydrogens is 292 g/mol. The van der Waals surface area contributed by atoms with Gasteiger partial charge >= 0.3 is 0 Å². The van der Waals surface area contributed by atoms with Crippen molar-refractivity contribution in [3.05, 3.63) is 18.2 Å². The summed E-state index contributed by atoms with van der Waals surface area (Å²) in [7, 11) is -1.42. The van der Waals surface area contributed by atoms with Gasteiger partial charge in [0.15, 0.2) is 0 Å². The van der Waals surface area contributed by atoms with Gasteiger partial charge in [0.1, 0.15) is 5.82 Å². The molecule has 0 aliphatic carbocycles. The van der Waals surface area contributed by atoms with Gasteiger partial charge in [0.2, 0.25) is 10.0 Å². The van der Waals surface area contributed by atoms with Crippen molar-refractivity contribution >= 4 is 10.0 Å². The zero-order valence-electron chi connectivity index (χ0n) is 12.7. The van der Waals surface area contributed by atoms with Crippen LogP contribution in [0.1, 0.15) is 18.7 Å². The summed E-state index contributed by atoms with van der Waals surface area (Å²) >= 11 is 0. The number of aromatic nitrogens is 2. The lowest BCUT2D eigenvalue weighted by Gasteiger charge is -2.31. The Hall–Kier alpha value is -0.960. The molecule has 0 saturated carbocycles. The Morgan fingerprint density at radius 1 is 1.43 bits per heavy atom. The quantitative estimate of drug-likeness (QED) is 0.769. The number of imidazole rings is 1. The second-order valence-corrected chi connectivity index (χ2v) is 7.25. The molecule has 0 bridgehead atoms. The largest absolute Gasteiger partial charge is 0.383 e. The normalized spacial score (nSPS) is 18.2. The Morgan fingerprint density at radius 3 is 2.76 bits per heavy atom. The predicted octanol–water partition coefficient (Wildman–Crippen LogP) is 0.0431. The maximum atomic E-state index is 11.2. The zero-order valence-corrected chi connectivity index (χ0v) is 13.5. The first-order valence-corrected chi connectivity index (χ1v) is 9.05. The van der Waals surface area contributed by atoms with Crippen LogP contribution in [0, 0.1) is 0 Å². The minimum atomic E-state index is -3.11. The summed E-state index contributed by atoms with van der Waals surface area (Å²) in [5.74, 6) is 1.03. The molecule has 1 aliphatic rings. The van der Waals surface area contributed by atoms with E-state index in [1.54, 1.807) is 7.11 Å². The van der Waals surface area contributed by atoms with Gasteiger partial charge < -0.3 is 9.30 Å². The summed E-state index contributed by atoms with van der Waals surface area (Å²) < 4.78 is 32.3. The fraction of sp³-hybridized carbons (Fsp3) is 0.769. The molecule has 21 heavy (non-hydrogen) atoms. The SMILES string of the molecule is COCCn1ccnc1CN1CCC(NS(C)(=O)=O)CC1. The molecule has 1 aromatic heterocycles. The minimum Gasteiger partial charge on any atom is -0.383 e. The van der Waals surface area contributed by atoms with Crippen molar-refractivity contribution in [3.8, 4) is 0 Å². The van der Waals surface area contributed by atoms with E-state index in [1.807, 2.05) is 12.4 Å². The molecule has 0 amide bonds. The third-order valence-corrected chi connectivity index (χ3v) is 4.43. The Kier molecular flexibility index (Phi) is 5.74. The first-order chi connectivity index (χ1) is 9.98. The zero-order chi connectivity index (χ0) is 15.3. The highest BCUT2D eigenvalue weighted by Gasteiger charge is 2.22. The van der Waals surface area contributed by atoms with E-state index >= 15 is 0 Å². The Morgan fingerprint density at radius 2 is 2.14 bits per heavy atom. The van der Waals surface area contributed by atoms with Gasteiger partial charge in [-0.25, -0.2) is 18.1 Å². The maximum absolute atomic E-state index is 11.2. The van der Waals surface area contributed by atoms with Gasteiger partial charge in [0.05, 0.1) is 19.4 Å². The molecule has 1 N–H and O–H groups in total. The van der Waals surface area contributed by atoms with Crippen molar-refractivity contribution in [2.75, 3.05) is 33.1 Å². The molecule has 0 unspecified atom stereocenters. The van der Waals surface area contributed by atoms with Crippen molar-refractivity contribution in [2.45, 2.75) is 32.0 Å². The van der Waals surface area contributed by atoms with Crippen molar-refractivity contribution in [2.24, 2.45) is 0 Å². The maximum Gasteiger partial charge on any atom is 0.208 e. The van der Waals surface area contributed by atoms with Gasteiger partial charge in [-0.15, -0.1) is 0 Å². The summed E-state index contributed by atoms with van der Waals surface area (Å²) in [5.41, 5.74) is 0. The number of methoxy groups -OCH3 is 1. The molecule has 0 atom stereocenters. The molecule has 7 nitrogen and oxygen atoms in total. The third kappa shape index (κ3) is 5.39. The lowest BCUT2D eigenvalue weighted by Crippen LogP contribution is -2.44. The monoisotopic (exact) mass is 316 g/mol. The second kappa shape index (κ2) is 7.35. The van der Waals surface area contributed by atoms with Gasteiger partial charge in [0.25, 0.3) is 0 Å². The van der Waals surface area contributed by atoms with Crippen molar-refractivity contribution < 1.29 is 13.2 Å². The van der Waals surface area contributed by atoms with E-state index in [0.29, 0.717) is 6.61 Å². The van der Waals surface area contributed by atoms with Crippen LogP contribution in [0.2, 0.25) is 0 Å². The first kappa shape index (κ1) is 16.4. The minimum absolute atomic E-state index is 0.0597. The van der Waals surface area contributed by atoms with Crippen molar-refractivity contribution in [3.63, 3.8) is 0 Å². The highest BCUT2D eigenvalue weighted by molar-refractivity contribution is 7.88. The molecule has 2 rings (SSSR count). The van der Waals surface area contributed by atoms with E-state index in [1.165, 1.54) is 6.26 Å². The molecule has 8 heteroatoms. The van der Waals surface area contributed by atoms with Crippen molar-refractivity contribution in [1.82, 2.24) is 19.2 Å². The average Bonchev–Trinajstić information content (AvgIpc) is 2.84. The van der Waals surface area contributed by atoms with Crippen LogP contribution in [0.15, 0.2) is 12.4 Å². The van der Waals surface area contributed by atoms with E-state index < -0.39 is 10.0 Å². The predicted molar refractivity (Wildman–Crippen MR) is 80.4 cm³/mol.